The second-order valence-corrected chi connectivity index (χ2v) is 9.87. The Bertz CT molecular complexity index is 1070. The van der Waals surface area contributed by atoms with Gasteiger partial charge in [0.05, 0.1) is 12.2 Å². The zero-order valence-electron chi connectivity index (χ0n) is 18.6. The standard InChI is InChI=1S/C23H25ClF3N3O5/c24-13-3-6-18-16(9-13)17(31)10-19(33-18)20(32)28-14-4-1-11(2-5-14)21-29-30-22(34-21)12-7-15(8-12)35-23(25,26)27/h3,6,9,11-12,14-15,17,19,31H,1-2,4-5,7-8,10H2,(H,28,32). The fourth-order valence-corrected chi connectivity index (χ4v) is 5.17. The third-order valence-electron chi connectivity index (χ3n) is 6.95. The summed E-state index contributed by atoms with van der Waals surface area (Å²) in [6.45, 7) is 0. The Labute approximate surface area is 204 Å². The molecule has 2 saturated carbocycles. The van der Waals surface area contributed by atoms with E-state index in [9.17, 15) is 23.1 Å². The Kier molecular flexibility index (Phi) is 6.67. The first kappa shape index (κ1) is 24.3. The van der Waals surface area contributed by atoms with Crippen molar-refractivity contribution >= 4 is 17.5 Å². The molecule has 1 amide bonds. The minimum absolute atomic E-state index is 0.0380. The number of ether oxygens (including phenoxy) is 2. The molecule has 2 aromatic rings. The second-order valence-electron chi connectivity index (χ2n) is 9.43. The van der Waals surface area contributed by atoms with E-state index in [1.54, 1.807) is 18.2 Å². The predicted octanol–water partition coefficient (Wildman–Crippen LogP) is 4.53. The third kappa shape index (κ3) is 5.57. The summed E-state index contributed by atoms with van der Waals surface area (Å²) in [6, 6.07) is 4.90. The van der Waals surface area contributed by atoms with Crippen molar-refractivity contribution in [3.8, 4) is 5.75 Å². The van der Waals surface area contributed by atoms with Gasteiger partial charge in [0.15, 0.2) is 6.10 Å². The molecule has 8 nitrogen and oxygen atoms in total. The molecule has 0 bridgehead atoms. The number of carbonyl (C=O) groups is 1. The van der Waals surface area contributed by atoms with Gasteiger partial charge in [0.1, 0.15) is 5.75 Å². The van der Waals surface area contributed by atoms with E-state index >= 15 is 0 Å². The maximum Gasteiger partial charge on any atom is 0.522 e. The van der Waals surface area contributed by atoms with Crippen LogP contribution in [0, 0.1) is 0 Å². The van der Waals surface area contributed by atoms with Crippen LogP contribution in [0.3, 0.4) is 0 Å². The van der Waals surface area contributed by atoms with Crippen molar-refractivity contribution in [1.82, 2.24) is 15.5 Å². The highest BCUT2D eigenvalue weighted by Crippen LogP contribution is 2.42. The highest BCUT2D eigenvalue weighted by molar-refractivity contribution is 6.30. The van der Waals surface area contributed by atoms with Gasteiger partial charge in [0.25, 0.3) is 5.91 Å². The quantitative estimate of drug-likeness (QED) is 0.602. The number of halogens is 4. The van der Waals surface area contributed by atoms with E-state index in [1.165, 1.54) is 0 Å². The molecule has 1 aromatic carbocycles. The summed E-state index contributed by atoms with van der Waals surface area (Å²) in [4.78, 5) is 12.8. The highest BCUT2D eigenvalue weighted by Gasteiger charge is 2.43. The molecule has 0 spiro atoms. The Morgan fingerprint density at radius 2 is 1.77 bits per heavy atom. The maximum absolute atomic E-state index is 12.8. The molecule has 0 saturated heterocycles. The number of nitrogens with one attached hydrogen (secondary N) is 1. The van der Waals surface area contributed by atoms with Gasteiger partial charge in [0.2, 0.25) is 11.8 Å². The zero-order chi connectivity index (χ0) is 24.7. The Hall–Kier alpha value is -2.37. The maximum atomic E-state index is 12.8. The molecule has 3 aliphatic rings. The molecule has 2 N–H and O–H groups in total. The smallest absolute Gasteiger partial charge is 0.480 e. The van der Waals surface area contributed by atoms with E-state index in [2.05, 4.69) is 20.3 Å². The van der Waals surface area contributed by atoms with Crippen LogP contribution in [0.2, 0.25) is 5.02 Å². The monoisotopic (exact) mass is 515 g/mol. The number of aliphatic hydroxyl groups is 1. The van der Waals surface area contributed by atoms with E-state index in [4.69, 9.17) is 20.8 Å². The average Bonchev–Trinajstić information content (AvgIpc) is 3.26. The summed E-state index contributed by atoms with van der Waals surface area (Å²) in [5.74, 6) is 0.842. The van der Waals surface area contributed by atoms with Crippen LogP contribution >= 0.6 is 11.6 Å². The summed E-state index contributed by atoms with van der Waals surface area (Å²) in [5.41, 5.74) is 0.575. The molecule has 5 rings (SSSR count). The van der Waals surface area contributed by atoms with Crippen LogP contribution in [0.5, 0.6) is 5.75 Å². The normalized spacial score (nSPS) is 30.7. The van der Waals surface area contributed by atoms with Crippen LogP contribution in [-0.2, 0) is 9.53 Å². The molecule has 2 unspecified atom stereocenters. The van der Waals surface area contributed by atoms with Crippen LogP contribution < -0.4 is 10.1 Å². The third-order valence-corrected chi connectivity index (χ3v) is 7.19. The number of hydrogen-bond acceptors (Lipinski definition) is 7. The lowest BCUT2D eigenvalue weighted by atomic mass is 9.82. The molecule has 12 heteroatoms. The van der Waals surface area contributed by atoms with Gasteiger partial charge in [-0.1, -0.05) is 11.6 Å². The van der Waals surface area contributed by atoms with Gasteiger partial charge in [-0.25, -0.2) is 0 Å². The summed E-state index contributed by atoms with van der Waals surface area (Å²) < 4.78 is 52.4. The van der Waals surface area contributed by atoms with Crippen LogP contribution in [0.1, 0.15) is 80.2 Å². The van der Waals surface area contributed by atoms with E-state index in [0.717, 1.165) is 12.8 Å². The number of aliphatic hydroxyl groups excluding tert-OH is 1. The van der Waals surface area contributed by atoms with E-state index in [-0.39, 0.29) is 43.0 Å². The van der Waals surface area contributed by atoms with Crippen molar-refractivity contribution < 1.29 is 37.0 Å². The number of rotatable bonds is 5. The van der Waals surface area contributed by atoms with Crippen LogP contribution in [0.4, 0.5) is 13.2 Å². The molecule has 2 atom stereocenters. The van der Waals surface area contributed by atoms with E-state index < -0.39 is 24.7 Å². The van der Waals surface area contributed by atoms with E-state index in [0.29, 0.717) is 41.0 Å². The first-order chi connectivity index (χ1) is 16.6. The summed E-state index contributed by atoms with van der Waals surface area (Å²) in [6.07, 6.45) is -3.69. The predicted molar refractivity (Wildman–Crippen MR) is 116 cm³/mol. The fourth-order valence-electron chi connectivity index (χ4n) is 4.99. The number of aromatic nitrogens is 2. The van der Waals surface area contributed by atoms with Gasteiger partial charge in [-0.3, -0.25) is 9.53 Å². The number of carbonyl (C=O) groups excluding carboxylic acids is 1. The van der Waals surface area contributed by atoms with Gasteiger partial charge in [0, 0.05) is 34.9 Å². The summed E-state index contributed by atoms with van der Waals surface area (Å²) in [7, 11) is 0. The van der Waals surface area contributed by atoms with Gasteiger partial charge in [-0.15, -0.1) is 23.4 Å². The van der Waals surface area contributed by atoms with Crippen molar-refractivity contribution in [3.63, 3.8) is 0 Å². The van der Waals surface area contributed by atoms with Crippen LogP contribution in [0.15, 0.2) is 22.6 Å². The second kappa shape index (κ2) is 9.59. The first-order valence-electron chi connectivity index (χ1n) is 11.7. The highest BCUT2D eigenvalue weighted by atomic mass is 35.5. The number of hydrogen-bond donors (Lipinski definition) is 2. The molecule has 1 aromatic heterocycles. The van der Waals surface area contributed by atoms with Gasteiger partial charge < -0.3 is 19.6 Å². The van der Waals surface area contributed by atoms with Crippen LogP contribution in [-0.4, -0.2) is 45.8 Å². The molecule has 2 aliphatic carbocycles. The first-order valence-corrected chi connectivity index (χ1v) is 12.0. The Balaban J connectivity index is 1.09. The number of benzene rings is 1. The number of alkyl halides is 3. The number of amides is 1. The number of fused-ring (bicyclic) bond motifs is 1. The van der Waals surface area contributed by atoms with Crippen molar-refractivity contribution in [3.05, 3.63) is 40.6 Å². The topological polar surface area (TPSA) is 107 Å². The molecule has 35 heavy (non-hydrogen) atoms. The molecule has 2 heterocycles. The molecule has 2 fully saturated rings. The molecular weight excluding hydrogens is 491 g/mol. The van der Waals surface area contributed by atoms with Crippen molar-refractivity contribution in [2.75, 3.05) is 0 Å². The summed E-state index contributed by atoms with van der Waals surface area (Å²) >= 11 is 5.98. The molecule has 1 aliphatic heterocycles. The minimum atomic E-state index is -4.63. The minimum Gasteiger partial charge on any atom is -0.480 e. The fraction of sp³-hybridized carbons (Fsp3) is 0.609. The van der Waals surface area contributed by atoms with Crippen molar-refractivity contribution in [2.45, 2.75) is 87.5 Å². The van der Waals surface area contributed by atoms with Gasteiger partial charge in [-0.05, 0) is 56.7 Å². The van der Waals surface area contributed by atoms with Crippen LogP contribution in [0.25, 0.3) is 0 Å². The molecule has 0 radical (unpaired) electrons. The number of nitrogens with zero attached hydrogens (tertiary/aromatic N) is 2. The Morgan fingerprint density at radius 3 is 2.46 bits per heavy atom. The molecule has 190 valence electrons. The average molecular weight is 516 g/mol. The Morgan fingerprint density at radius 1 is 1.09 bits per heavy atom. The van der Waals surface area contributed by atoms with Gasteiger partial charge in [-0.2, -0.15) is 0 Å². The lowest BCUT2D eigenvalue weighted by Crippen LogP contribution is -2.46. The van der Waals surface area contributed by atoms with E-state index in [1.807, 2.05) is 0 Å². The van der Waals surface area contributed by atoms with Gasteiger partial charge >= 0.3 is 6.36 Å². The SMILES string of the molecule is O=C(NC1CCC(c2nnc(C3CC(OC(F)(F)F)C3)o2)CC1)C1CC(O)c2cc(Cl)ccc2O1. The molecular formula is C23H25ClF3N3O5. The largest absolute Gasteiger partial charge is 0.522 e. The lowest BCUT2D eigenvalue weighted by molar-refractivity contribution is -0.352. The van der Waals surface area contributed by atoms with Crippen molar-refractivity contribution in [1.29, 1.82) is 0 Å². The zero-order valence-corrected chi connectivity index (χ0v) is 19.4. The summed E-state index contributed by atoms with van der Waals surface area (Å²) in [5, 5.41) is 22.1. The van der Waals surface area contributed by atoms with Crippen molar-refractivity contribution in [2.24, 2.45) is 0 Å². The lowest BCUT2D eigenvalue weighted by Gasteiger charge is -2.33.